The number of halogens is 1. The van der Waals surface area contributed by atoms with Crippen LogP contribution in [0.4, 0.5) is 5.69 Å². The minimum absolute atomic E-state index is 0. The third kappa shape index (κ3) is 7.86. The molecule has 0 amide bonds. The molecule has 0 aliphatic heterocycles. The summed E-state index contributed by atoms with van der Waals surface area (Å²) in [4.78, 5) is 11.3. The number of H-pyrrole nitrogens is 1. The molecule has 3 N–H and O–H groups in total. The number of aromatic nitrogens is 3. The van der Waals surface area contributed by atoms with Gasteiger partial charge in [-0.15, -0.1) is 24.0 Å². The van der Waals surface area contributed by atoms with Crippen molar-refractivity contribution < 1.29 is 0 Å². The maximum absolute atomic E-state index is 4.74. The van der Waals surface area contributed by atoms with Crippen molar-refractivity contribution in [3.8, 4) is 11.4 Å². The lowest BCUT2D eigenvalue weighted by Gasteiger charge is -2.23. The van der Waals surface area contributed by atoms with Crippen LogP contribution in [-0.2, 0) is 6.54 Å². The SMILES string of the molecule is CCNC(=NCc1cccc(-c2ncn[nH]2)c1)NCCCN(CC)c1ccccc1.I. The first-order chi connectivity index (χ1) is 14.8. The minimum Gasteiger partial charge on any atom is -0.372 e. The molecule has 7 nitrogen and oxygen atoms in total. The molecule has 1 heterocycles. The van der Waals surface area contributed by atoms with Crippen molar-refractivity contribution in [1.82, 2.24) is 25.8 Å². The van der Waals surface area contributed by atoms with Crippen LogP contribution < -0.4 is 15.5 Å². The number of para-hydroxylation sites is 1. The van der Waals surface area contributed by atoms with E-state index >= 15 is 0 Å². The lowest BCUT2D eigenvalue weighted by atomic mass is 10.1. The summed E-state index contributed by atoms with van der Waals surface area (Å²) < 4.78 is 0. The molecule has 0 atom stereocenters. The number of nitrogens with one attached hydrogen (secondary N) is 3. The average molecular weight is 533 g/mol. The Morgan fingerprint density at radius 1 is 1.06 bits per heavy atom. The zero-order valence-corrected chi connectivity index (χ0v) is 20.5. The first kappa shape index (κ1) is 24.6. The summed E-state index contributed by atoms with van der Waals surface area (Å²) in [7, 11) is 0. The van der Waals surface area contributed by atoms with Gasteiger partial charge in [-0.1, -0.05) is 36.4 Å². The van der Waals surface area contributed by atoms with E-state index in [1.54, 1.807) is 0 Å². The summed E-state index contributed by atoms with van der Waals surface area (Å²) in [5, 5.41) is 13.6. The van der Waals surface area contributed by atoms with Gasteiger partial charge in [0.05, 0.1) is 6.54 Å². The fourth-order valence-corrected chi connectivity index (χ4v) is 3.26. The molecule has 166 valence electrons. The van der Waals surface area contributed by atoms with Crippen LogP contribution in [0.25, 0.3) is 11.4 Å². The predicted molar refractivity (Wildman–Crippen MR) is 139 cm³/mol. The van der Waals surface area contributed by atoms with E-state index in [1.807, 2.05) is 12.1 Å². The summed E-state index contributed by atoms with van der Waals surface area (Å²) in [6.07, 6.45) is 2.55. The molecule has 0 saturated carbocycles. The molecule has 31 heavy (non-hydrogen) atoms. The Labute approximate surface area is 201 Å². The molecule has 3 rings (SSSR count). The lowest BCUT2D eigenvalue weighted by Crippen LogP contribution is -2.38. The predicted octanol–water partition coefficient (Wildman–Crippen LogP) is 4.06. The third-order valence-corrected chi connectivity index (χ3v) is 4.78. The van der Waals surface area contributed by atoms with Gasteiger partial charge in [-0.05, 0) is 44.0 Å². The van der Waals surface area contributed by atoms with E-state index in [2.05, 4.69) is 87.0 Å². The van der Waals surface area contributed by atoms with Crippen molar-refractivity contribution in [3.05, 3.63) is 66.5 Å². The lowest BCUT2D eigenvalue weighted by molar-refractivity contribution is 0.709. The summed E-state index contributed by atoms with van der Waals surface area (Å²) in [5.74, 6) is 1.61. The molecule has 0 fully saturated rings. The number of aliphatic imine (C=N–C) groups is 1. The van der Waals surface area contributed by atoms with Crippen molar-refractivity contribution in [1.29, 1.82) is 0 Å². The normalized spacial score (nSPS) is 11.0. The first-order valence-corrected chi connectivity index (χ1v) is 10.6. The molecule has 8 heteroatoms. The molecule has 0 spiro atoms. The van der Waals surface area contributed by atoms with E-state index < -0.39 is 0 Å². The number of benzene rings is 2. The molecular formula is C23H32IN7. The second kappa shape index (κ2) is 13.6. The van der Waals surface area contributed by atoms with E-state index in [0.717, 1.165) is 55.5 Å². The van der Waals surface area contributed by atoms with Crippen LogP contribution in [0.15, 0.2) is 65.9 Å². The molecule has 0 saturated heterocycles. The van der Waals surface area contributed by atoms with Crippen molar-refractivity contribution in [2.75, 3.05) is 31.1 Å². The fraction of sp³-hybridized carbons (Fsp3) is 0.348. The second-order valence-electron chi connectivity index (χ2n) is 6.93. The van der Waals surface area contributed by atoms with Crippen LogP contribution in [0.1, 0.15) is 25.8 Å². The molecule has 0 unspecified atom stereocenters. The molecule has 0 aliphatic rings. The van der Waals surface area contributed by atoms with E-state index in [9.17, 15) is 0 Å². The van der Waals surface area contributed by atoms with Gasteiger partial charge in [0.25, 0.3) is 0 Å². The summed E-state index contributed by atoms with van der Waals surface area (Å²) in [6.45, 7) is 8.57. The maximum atomic E-state index is 4.74. The van der Waals surface area contributed by atoms with E-state index in [1.165, 1.54) is 12.0 Å². The van der Waals surface area contributed by atoms with Crippen molar-refractivity contribution in [2.45, 2.75) is 26.8 Å². The Hall–Kier alpha value is -2.62. The zero-order valence-electron chi connectivity index (χ0n) is 18.2. The van der Waals surface area contributed by atoms with Crippen LogP contribution in [-0.4, -0.2) is 47.3 Å². The van der Waals surface area contributed by atoms with Gasteiger partial charge >= 0.3 is 0 Å². The highest BCUT2D eigenvalue weighted by molar-refractivity contribution is 14.0. The number of rotatable bonds is 10. The van der Waals surface area contributed by atoms with E-state index in [-0.39, 0.29) is 24.0 Å². The van der Waals surface area contributed by atoms with Gasteiger partial charge < -0.3 is 15.5 Å². The van der Waals surface area contributed by atoms with Gasteiger partial charge in [0.15, 0.2) is 11.8 Å². The van der Waals surface area contributed by atoms with Crippen LogP contribution in [0.5, 0.6) is 0 Å². The number of anilines is 1. The molecular weight excluding hydrogens is 501 g/mol. The van der Waals surface area contributed by atoms with Gasteiger partial charge in [0.2, 0.25) is 0 Å². The van der Waals surface area contributed by atoms with Gasteiger partial charge in [-0.2, -0.15) is 5.10 Å². The van der Waals surface area contributed by atoms with E-state index in [0.29, 0.717) is 6.54 Å². The summed E-state index contributed by atoms with van der Waals surface area (Å²) in [5.41, 5.74) is 3.41. The topological polar surface area (TPSA) is 81.2 Å². The Kier molecular flexibility index (Phi) is 10.8. The van der Waals surface area contributed by atoms with Gasteiger partial charge in [-0.25, -0.2) is 9.98 Å². The smallest absolute Gasteiger partial charge is 0.191 e. The quantitative estimate of drug-likeness (QED) is 0.159. The van der Waals surface area contributed by atoms with Crippen LogP contribution in [0, 0.1) is 0 Å². The number of hydrogen-bond donors (Lipinski definition) is 3. The average Bonchev–Trinajstić information content (AvgIpc) is 3.33. The van der Waals surface area contributed by atoms with Gasteiger partial charge in [-0.3, -0.25) is 5.10 Å². The standard InChI is InChI=1S/C23H31N7.HI/c1-3-24-23(25-14-9-15-30(4-2)21-12-6-5-7-13-21)26-17-19-10-8-11-20(16-19)22-27-18-28-29-22;/h5-8,10-13,16,18H,3-4,9,14-15,17H2,1-2H3,(H2,24,25,26)(H,27,28,29);1H. The highest BCUT2D eigenvalue weighted by atomic mass is 127. The van der Waals surface area contributed by atoms with Crippen molar-refractivity contribution >= 4 is 35.6 Å². The first-order valence-electron chi connectivity index (χ1n) is 10.6. The van der Waals surface area contributed by atoms with Crippen molar-refractivity contribution in [2.24, 2.45) is 4.99 Å². The fourth-order valence-electron chi connectivity index (χ4n) is 3.26. The van der Waals surface area contributed by atoms with Crippen LogP contribution in [0.2, 0.25) is 0 Å². The Morgan fingerprint density at radius 2 is 1.90 bits per heavy atom. The highest BCUT2D eigenvalue weighted by Crippen LogP contribution is 2.16. The van der Waals surface area contributed by atoms with Gasteiger partial charge in [0, 0.05) is 37.4 Å². The maximum Gasteiger partial charge on any atom is 0.191 e. The molecule has 1 aromatic heterocycles. The Balaban J connectivity index is 0.00000341. The monoisotopic (exact) mass is 533 g/mol. The van der Waals surface area contributed by atoms with Crippen molar-refractivity contribution in [3.63, 3.8) is 0 Å². The molecule has 0 bridgehead atoms. The molecule has 0 radical (unpaired) electrons. The number of guanidine groups is 1. The summed E-state index contributed by atoms with van der Waals surface area (Å²) >= 11 is 0. The molecule has 0 aliphatic carbocycles. The number of aromatic amines is 1. The second-order valence-corrected chi connectivity index (χ2v) is 6.93. The van der Waals surface area contributed by atoms with Gasteiger partial charge in [0.1, 0.15) is 6.33 Å². The zero-order chi connectivity index (χ0) is 21.0. The molecule has 2 aromatic carbocycles. The number of hydrogen-bond acceptors (Lipinski definition) is 4. The largest absolute Gasteiger partial charge is 0.372 e. The van der Waals surface area contributed by atoms with Crippen LogP contribution in [0.3, 0.4) is 0 Å². The van der Waals surface area contributed by atoms with E-state index in [4.69, 9.17) is 4.99 Å². The number of nitrogens with zero attached hydrogens (tertiary/aromatic N) is 4. The minimum atomic E-state index is 0. The van der Waals surface area contributed by atoms with Crippen LogP contribution >= 0.6 is 24.0 Å². The Bertz CT molecular complexity index is 897. The highest BCUT2D eigenvalue weighted by Gasteiger charge is 2.05. The Morgan fingerprint density at radius 3 is 2.61 bits per heavy atom. The third-order valence-electron chi connectivity index (χ3n) is 4.78. The summed E-state index contributed by atoms with van der Waals surface area (Å²) in [6, 6.07) is 18.8. The molecule has 3 aromatic rings.